The van der Waals surface area contributed by atoms with E-state index in [1.54, 1.807) is 14.2 Å². The van der Waals surface area contributed by atoms with E-state index < -0.39 is 0 Å². The van der Waals surface area contributed by atoms with Crippen LogP contribution in [-0.4, -0.2) is 51.3 Å². The zero-order chi connectivity index (χ0) is 21.5. The van der Waals surface area contributed by atoms with Gasteiger partial charge in [0.25, 0.3) is 0 Å². The molecule has 0 aromatic heterocycles. The standard InChI is InChI=1S/C24H30N2O4/c1-17(2)9-12-30-21-7-5-18(19-6-8-22(28-3)23(14-19)29-4)13-20(21)15-26-11-10-25-24(27)16-26/h5-9,13-14H,10-12,15-16H2,1-4H3,(H,25,27). The van der Waals surface area contributed by atoms with Crippen molar-refractivity contribution in [2.24, 2.45) is 0 Å². The minimum Gasteiger partial charge on any atom is -0.493 e. The molecular formula is C24H30N2O4. The van der Waals surface area contributed by atoms with Crippen LogP contribution in [0.2, 0.25) is 0 Å². The number of allylic oxidation sites excluding steroid dienone is 1. The number of methoxy groups -OCH3 is 2. The number of amides is 1. The Morgan fingerprint density at radius 3 is 2.40 bits per heavy atom. The van der Waals surface area contributed by atoms with Gasteiger partial charge in [-0.25, -0.2) is 0 Å². The SMILES string of the molecule is COc1ccc(-c2ccc(OCC=C(C)C)c(CN3CCNC(=O)C3)c2)cc1OC. The number of hydrogen-bond acceptors (Lipinski definition) is 5. The van der Waals surface area contributed by atoms with E-state index in [1.165, 1.54) is 5.57 Å². The lowest BCUT2D eigenvalue weighted by atomic mass is 10.0. The van der Waals surface area contributed by atoms with E-state index in [9.17, 15) is 4.79 Å². The fourth-order valence-corrected chi connectivity index (χ4v) is 3.40. The number of benzene rings is 2. The van der Waals surface area contributed by atoms with Crippen LogP contribution in [0.4, 0.5) is 0 Å². The summed E-state index contributed by atoms with van der Waals surface area (Å²) < 4.78 is 16.8. The average Bonchev–Trinajstić information content (AvgIpc) is 2.74. The molecule has 0 aliphatic carbocycles. The predicted molar refractivity (Wildman–Crippen MR) is 118 cm³/mol. The van der Waals surface area contributed by atoms with Gasteiger partial charge in [-0.1, -0.05) is 17.7 Å². The normalized spacial score (nSPS) is 14.1. The van der Waals surface area contributed by atoms with E-state index in [1.807, 2.05) is 30.3 Å². The van der Waals surface area contributed by atoms with Crippen LogP contribution in [0.1, 0.15) is 19.4 Å². The third-order valence-corrected chi connectivity index (χ3v) is 5.02. The van der Waals surface area contributed by atoms with Crippen molar-refractivity contribution >= 4 is 5.91 Å². The van der Waals surface area contributed by atoms with Gasteiger partial charge in [0, 0.05) is 25.2 Å². The van der Waals surface area contributed by atoms with Gasteiger partial charge < -0.3 is 19.5 Å². The molecule has 3 rings (SSSR count). The van der Waals surface area contributed by atoms with Gasteiger partial charge in [0.1, 0.15) is 12.4 Å². The summed E-state index contributed by atoms with van der Waals surface area (Å²) >= 11 is 0. The van der Waals surface area contributed by atoms with Crippen molar-refractivity contribution in [2.75, 3.05) is 40.5 Å². The molecule has 1 aliphatic heterocycles. The second kappa shape index (κ2) is 10.2. The highest BCUT2D eigenvalue weighted by Gasteiger charge is 2.18. The van der Waals surface area contributed by atoms with E-state index >= 15 is 0 Å². The minimum atomic E-state index is 0.0595. The van der Waals surface area contributed by atoms with Crippen LogP contribution in [0.15, 0.2) is 48.0 Å². The molecule has 0 atom stereocenters. The molecule has 0 bridgehead atoms. The van der Waals surface area contributed by atoms with Gasteiger partial charge in [0.05, 0.1) is 20.8 Å². The van der Waals surface area contributed by atoms with Crippen molar-refractivity contribution in [1.82, 2.24) is 10.2 Å². The summed E-state index contributed by atoms with van der Waals surface area (Å²) in [4.78, 5) is 13.9. The molecule has 2 aromatic rings. The topological polar surface area (TPSA) is 60.0 Å². The molecule has 0 spiro atoms. The Balaban J connectivity index is 1.91. The molecule has 1 fully saturated rings. The van der Waals surface area contributed by atoms with Crippen molar-refractivity contribution in [3.63, 3.8) is 0 Å². The van der Waals surface area contributed by atoms with E-state index in [0.717, 1.165) is 29.0 Å². The number of hydrogen-bond donors (Lipinski definition) is 1. The molecule has 30 heavy (non-hydrogen) atoms. The number of carbonyl (C=O) groups excluding carboxylic acids is 1. The van der Waals surface area contributed by atoms with Crippen LogP contribution >= 0.6 is 0 Å². The van der Waals surface area contributed by atoms with E-state index in [4.69, 9.17) is 14.2 Å². The second-order valence-electron chi connectivity index (χ2n) is 7.55. The summed E-state index contributed by atoms with van der Waals surface area (Å²) in [6, 6.07) is 12.1. The summed E-state index contributed by atoms with van der Waals surface area (Å²) in [5, 5.41) is 2.87. The first kappa shape index (κ1) is 21.7. The molecule has 6 heteroatoms. The lowest BCUT2D eigenvalue weighted by Gasteiger charge is -2.27. The van der Waals surface area contributed by atoms with Gasteiger partial charge in [0.2, 0.25) is 5.91 Å². The van der Waals surface area contributed by atoms with Crippen LogP contribution in [0.5, 0.6) is 17.2 Å². The highest BCUT2D eigenvalue weighted by Crippen LogP contribution is 2.34. The third kappa shape index (κ3) is 5.54. The Hall–Kier alpha value is -2.99. The molecular weight excluding hydrogens is 380 g/mol. The van der Waals surface area contributed by atoms with Gasteiger partial charge in [-0.3, -0.25) is 9.69 Å². The zero-order valence-corrected chi connectivity index (χ0v) is 18.2. The fourth-order valence-electron chi connectivity index (χ4n) is 3.40. The van der Waals surface area contributed by atoms with Gasteiger partial charge in [-0.05, 0) is 55.3 Å². The summed E-state index contributed by atoms with van der Waals surface area (Å²) in [5.41, 5.74) is 4.36. The number of carbonyl (C=O) groups is 1. The number of nitrogens with zero attached hydrogens (tertiary/aromatic N) is 1. The summed E-state index contributed by atoms with van der Waals surface area (Å²) in [7, 11) is 3.26. The van der Waals surface area contributed by atoms with E-state index in [2.05, 4.69) is 36.2 Å². The number of nitrogens with one attached hydrogen (secondary N) is 1. The van der Waals surface area contributed by atoms with Crippen LogP contribution < -0.4 is 19.5 Å². The fraction of sp³-hybridized carbons (Fsp3) is 0.375. The second-order valence-corrected chi connectivity index (χ2v) is 7.55. The maximum absolute atomic E-state index is 11.8. The van der Waals surface area contributed by atoms with Crippen LogP contribution in [0.25, 0.3) is 11.1 Å². The molecule has 1 N–H and O–H groups in total. The van der Waals surface area contributed by atoms with Gasteiger partial charge >= 0.3 is 0 Å². The average molecular weight is 411 g/mol. The lowest BCUT2D eigenvalue weighted by Crippen LogP contribution is -2.47. The first-order valence-corrected chi connectivity index (χ1v) is 10.1. The molecule has 1 saturated heterocycles. The quantitative estimate of drug-likeness (QED) is 0.673. The van der Waals surface area contributed by atoms with Crippen molar-refractivity contribution in [3.05, 3.63) is 53.6 Å². The highest BCUT2D eigenvalue weighted by molar-refractivity contribution is 5.78. The predicted octanol–water partition coefficient (Wildman–Crippen LogP) is 3.65. The first-order chi connectivity index (χ1) is 14.5. The van der Waals surface area contributed by atoms with Gasteiger partial charge in [-0.15, -0.1) is 0 Å². The first-order valence-electron chi connectivity index (χ1n) is 10.1. The van der Waals surface area contributed by atoms with Crippen LogP contribution in [0.3, 0.4) is 0 Å². The Morgan fingerprint density at radius 1 is 1.03 bits per heavy atom. The number of rotatable bonds is 8. The largest absolute Gasteiger partial charge is 0.493 e. The van der Waals surface area contributed by atoms with E-state index in [0.29, 0.717) is 37.7 Å². The molecule has 1 aliphatic rings. The molecule has 1 heterocycles. The third-order valence-electron chi connectivity index (χ3n) is 5.02. The molecule has 6 nitrogen and oxygen atoms in total. The maximum Gasteiger partial charge on any atom is 0.234 e. The smallest absolute Gasteiger partial charge is 0.234 e. The van der Waals surface area contributed by atoms with Crippen LogP contribution in [-0.2, 0) is 11.3 Å². The Labute approximate surface area is 178 Å². The summed E-state index contributed by atoms with van der Waals surface area (Å²) in [5.74, 6) is 2.28. The Morgan fingerprint density at radius 2 is 1.73 bits per heavy atom. The maximum atomic E-state index is 11.8. The Bertz CT molecular complexity index is 919. The molecule has 160 valence electrons. The molecule has 0 radical (unpaired) electrons. The van der Waals surface area contributed by atoms with Crippen molar-refractivity contribution in [2.45, 2.75) is 20.4 Å². The lowest BCUT2D eigenvalue weighted by molar-refractivity contribution is -0.124. The zero-order valence-electron chi connectivity index (χ0n) is 18.2. The molecule has 0 saturated carbocycles. The number of ether oxygens (including phenoxy) is 3. The van der Waals surface area contributed by atoms with Crippen LogP contribution in [0, 0.1) is 0 Å². The Kier molecular flexibility index (Phi) is 7.36. The molecule has 0 unspecified atom stereocenters. The molecule has 2 aromatic carbocycles. The van der Waals surface area contributed by atoms with Crippen molar-refractivity contribution in [1.29, 1.82) is 0 Å². The van der Waals surface area contributed by atoms with Gasteiger partial charge in [0.15, 0.2) is 11.5 Å². The highest BCUT2D eigenvalue weighted by atomic mass is 16.5. The summed E-state index contributed by atoms with van der Waals surface area (Å²) in [6.45, 7) is 7.16. The van der Waals surface area contributed by atoms with Gasteiger partial charge in [-0.2, -0.15) is 0 Å². The van der Waals surface area contributed by atoms with Crippen molar-refractivity contribution in [3.8, 4) is 28.4 Å². The minimum absolute atomic E-state index is 0.0595. The molecule has 1 amide bonds. The van der Waals surface area contributed by atoms with Crippen molar-refractivity contribution < 1.29 is 19.0 Å². The van der Waals surface area contributed by atoms with E-state index in [-0.39, 0.29) is 5.91 Å². The monoisotopic (exact) mass is 410 g/mol. The summed E-state index contributed by atoms with van der Waals surface area (Å²) in [6.07, 6.45) is 2.06. The number of piperazine rings is 1.